The highest BCUT2D eigenvalue weighted by Gasteiger charge is 2.44. The molecule has 6 rings (SSSR count). The maximum Gasteiger partial charge on any atom is 0.251 e. The lowest BCUT2D eigenvalue weighted by Crippen LogP contribution is -2.40. The van der Waals surface area contributed by atoms with Crippen molar-refractivity contribution in [2.75, 3.05) is 53.1 Å². The van der Waals surface area contributed by atoms with E-state index in [1.165, 1.54) is 12.8 Å². The Bertz CT molecular complexity index is 1520. The van der Waals surface area contributed by atoms with E-state index in [1.807, 2.05) is 6.92 Å². The van der Waals surface area contributed by atoms with Gasteiger partial charge < -0.3 is 14.9 Å². The Balaban J connectivity index is 1.30. The number of hydrogen-bond donors (Lipinski definition) is 2. The number of aliphatic hydroxyl groups is 1. The van der Waals surface area contributed by atoms with Crippen molar-refractivity contribution in [2.24, 2.45) is 5.41 Å². The van der Waals surface area contributed by atoms with Crippen LogP contribution in [0.25, 0.3) is 17.1 Å². The first-order valence-electron chi connectivity index (χ1n) is 13.8. The van der Waals surface area contributed by atoms with Gasteiger partial charge in [-0.1, -0.05) is 5.21 Å². The summed E-state index contributed by atoms with van der Waals surface area (Å²) >= 11 is 0. The van der Waals surface area contributed by atoms with Crippen molar-refractivity contribution < 1.29 is 22.3 Å². The van der Waals surface area contributed by atoms with Crippen LogP contribution in [-0.2, 0) is 10.0 Å². The second-order valence-corrected chi connectivity index (χ2v) is 13.1. The van der Waals surface area contributed by atoms with E-state index in [-0.39, 0.29) is 31.7 Å². The van der Waals surface area contributed by atoms with Crippen LogP contribution in [0.15, 0.2) is 24.5 Å². The third kappa shape index (κ3) is 6.10. The zero-order chi connectivity index (χ0) is 28.8. The standard InChI is InChI=1S/C26H33F2N9O3S/c1-18-14-19(31-24(30-18)36-10-6-26(27,28)7-11-36)20-17-37(34-32-20)22-16-29-23(33-41(39,40)13-12-38)15-21(22)35-8-4-25(2-3-25)5-9-35/h14-17,38H,2-13H2,1H3,(H,29,33). The van der Waals surface area contributed by atoms with Crippen LogP contribution in [-0.4, -0.2) is 87.9 Å². The molecule has 3 aromatic rings. The summed E-state index contributed by atoms with van der Waals surface area (Å²) in [4.78, 5) is 17.4. The molecule has 3 aromatic heterocycles. The average molecular weight is 590 g/mol. The minimum atomic E-state index is -3.75. The van der Waals surface area contributed by atoms with E-state index in [9.17, 15) is 17.2 Å². The predicted molar refractivity (Wildman–Crippen MR) is 149 cm³/mol. The molecule has 12 nitrogen and oxygen atoms in total. The van der Waals surface area contributed by atoms with E-state index in [0.29, 0.717) is 34.1 Å². The summed E-state index contributed by atoms with van der Waals surface area (Å²) in [5.74, 6) is -2.55. The van der Waals surface area contributed by atoms with Gasteiger partial charge in [-0.25, -0.2) is 36.8 Å². The van der Waals surface area contributed by atoms with Crippen LogP contribution < -0.4 is 14.5 Å². The summed E-state index contributed by atoms with van der Waals surface area (Å²) in [5, 5.41) is 17.8. The van der Waals surface area contributed by atoms with E-state index in [0.717, 1.165) is 31.6 Å². The third-order valence-corrected chi connectivity index (χ3v) is 9.47. The highest BCUT2D eigenvalue weighted by Crippen LogP contribution is 2.54. The number of hydrogen-bond acceptors (Lipinski definition) is 10. The van der Waals surface area contributed by atoms with Crippen molar-refractivity contribution in [2.45, 2.75) is 51.4 Å². The molecule has 3 aliphatic rings. The first kappa shape index (κ1) is 27.7. The van der Waals surface area contributed by atoms with Crippen molar-refractivity contribution in [3.8, 4) is 17.1 Å². The SMILES string of the molecule is Cc1cc(-c2cn(-c3cnc(NS(=O)(=O)CCO)cc3N3CCC4(CC3)CC4)nn2)nc(N2CCC(F)(F)CC2)n1. The number of aliphatic hydroxyl groups excluding tert-OH is 1. The van der Waals surface area contributed by atoms with Crippen molar-refractivity contribution >= 4 is 27.5 Å². The van der Waals surface area contributed by atoms with Crippen LogP contribution in [0.3, 0.4) is 0 Å². The number of anilines is 3. The number of piperidine rings is 2. The summed E-state index contributed by atoms with van der Waals surface area (Å²) in [6.45, 7) is 3.31. The lowest BCUT2D eigenvalue weighted by molar-refractivity contribution is -0.0222. The van der Waals surface area contributed by atoms with Gasteiger partial charge in [0.05, 0.1) is 36.1 Å². The molecule has 0 amide bonds. The van der Waals surface area contributed by atoms with Crippen LogP contribution in [0, 0.1) is 12.3 Å². The minimum absolute atomic E-state index is 0.160. The molecular weight excluding hydrogens is 556 g/mol. The molecular formula is C26H33F2N9O3S. The van der Waals surface area contributed by atoms with Crippen LogP contribution in [0.4, 0.5) is 26.2 Å². The smallest absolute Gasteiger partial charge is 0.251 e. The van der Waals surface area contributed by atoms with Gasteiger partial charge in [0.15, 0.2) is 0 Å². The maximum absolute atomic E-state index is 13.7. The topological polar surface area (TPSA) is 142 Å². The molecule has 15 heteroatoms. The Labute approximate surface area is 236 Å². The lowest BCUT2D eigenvalue weighted by Gasteiger charge is -2.34. The van der Waals surface area contributed by atoms with Gasteiger partial charge in [0.2, 0.25) is 16.0 Å². The molecule has 3 fully saturated rings. The van der Waals surface area contributed by atoms with Gasteiger partial charge in [0.1, 0.15) is 17.2 Å². The maximum atomic E-state index is 13.7. The molecule has 5 heterocycles. The molecule has 2 N–H and O–H groups in total. The Morgan fingerprint density at radius 3 is 2.34 bits per heavy atom. The Morgan fingerprint density at radius 2 is 1.66 bits per heavy atom. The van der Waals surface area contributed by atoms with Crippen LogP contribution in [0.2, 0.25) is 0 Å². The third-order valence-electron chi connectivity index (χ3n) is 8.23. The lowest BCUT2D eigenvalue weighted by atomic mass is 9.93. The molecule has 0 aromatic carbocycles. The fourth-order valence-corrected chi connectivity index (χ4v) is 6.28. The normalized spacial score (nSPS) is 19.9. The molecule has 220 valence electrons. The zero-order valence-electron chi connectivity index (χ0n) is 22.8. The van der Waals surface area contributed by atoms with Crippen molar-refractivity contribution in [3.63, 3.8) is 0 Å². The number of nitrogens with zero attached hydrogens (tertiary/aromatic N) is 8. The molecule has 1 saturated carbocycles. The van der Waals surface area contributed by atoms with Crippen LogP contribution in [0.5, 0.6) is 0 Å². The van der Waals surface area contributed by atoms with E-state index >= 15 is 0 Å². The second kappa shape index (κ2) is 10.4. The number of aryl methyl sites for hydroxylation is 1. The highest BCUT2D eigenvalue weighted by atomic mass is 32.2. The Kier molecular flexibility index (Phi) is 7.04. The fourth-order valence-electron chi connectivity index (χ4n) is 5.51. The molecule has 0 bridgehead atoms. The number of halogens is 2. The molecule has 41 heavy (non-hydrogen) atoms. The predicted octanol–water partition coefficient (Wildman–Crippen LogP) is 2.78. The number of sulfonamides is 1. The first-order valence-corrected chi connectivity index (χ1v) is 15.5. The number of alkyl halides is 2. The molecule has 0 unspecified atom stereocenters. The molecule has 1 spiro atoms. The fraction of sp³-hybridized carbons (Fsp3) is 0.577. The van der Waals surface area contributed by atoms with Gasteiger partial charge in [-0.2, -0.15) is 0 Å². The summed E-state index contributed by atoms with van der Waals surface area (Å²) < 4.78 is 56.0. The van der Waals surface area contributed by atoms with Crippen molar-refractivity contribution in [3.05, 3.63) is 30.2 Å². The summed E-state index contributed by atoms with van der Waals surface area (Å²) in [6, 6.07) is 3.46. The van der Waals surface area contributed by atoms with E-state index in [4.69, 9.17) is 5.11 Å². The monoisotopic (exact) mass is 589 g/mol. The van der Waals surface area contributed by atoms with E-state index in [2.05, 4.69) is 34.9 Å². The molecule has 1 aliphatic carbocycles. The van der Waals surface area contributed by atoms with Gasteiger partial charge in [-0.15, -0.1) is 5.10 Å². The molecule has 2 aliphatic heterocycles. The van der Waals surface area contributed by atoms with Gasteiger partial charge in [0, 0.05) is 50.8 Å². The zero-order valence-corrected chi connectivity index (χ0v) is 23.6. The van der Waals surface area contributed by atoms with Gasteiger partial charge in [-0.3, -0.25) is 4.72 Å². The Hall–Kier alpha value is -3.46. The van der Waals surface area contributed by atoms with Crippen LogP contribution >= 0.6 is 0 Å². The number of rotatable bonds is 8. The molecule has 2 saturated heterocycles. The number of pyridine rings is 1. The van der Waals surface area contributed by atoms with Gasteiger partial charge >= 0.3 is 0 Å². The summed E-state index contributed by atoms with van der Waals surface area (Å²) in [7, 11) is -3.75. The number of aromatic nitrogens is 6. The van der Waals surface area contributed by atoms with E-state index < -0.39 is 28.3 Å². The second-order valence-electron chi connectivity index (χ2n) is 11.3. The summed E-state index contributed by atoms with van der Waals surface area (Å²) in [5.41, 5.74) is 3.53. The molecule has 0 atom stereocenters. The van der Waals surface area contributed by atoms with Crippen molar-refractivity contribution in [1.82, 2.24) is 29.9 Å². The van der Waals surface area contributed by atoms with Gasteiger partial charge in [-0.05, 0) is 44.1 Å². The van der Waals surface area contributed by atoms with Crippen LogP contribution in [0.1, 0.15) is 44.2 Å². The largest absolute Gasteiger partial charge is 0.395 e. The quantitative estimate of drug-likeness (QED) is 0.403. The van der Waals surface area contributed by atoms with Crippen molar-refractivity contribution in [1.29, 1.82) is 0 Å². The highest BCUT2D eigenvalue weighted by molar-refractivity contribution is 7.92. The van der Waals surface area contributed by atoms with E-state index in [1.54, 1.807) is 34.1 Å². The Morgan fingerprint density at radius 1 is 0.951 bits per heavy atom. The average Bonchev–Trinajstić information content (AvgIpc) is 3.48. The number of nitrogens with one attached hydrogen (secondary N) is 1. The first-order chi connectivity index (χ1) is 19.5. The minimum Gasteiger partial charge on any atom is -0.395 e. The van der Waals surface area contributed by atoms with Gasteiger partial charge in [0.25, 0.3) is 5.92 Å². The summed E-state index contributed by atoms with van der Waals surface area (Å²) in [6.07, 6.45) is 7.42. The molecule has 0 radical (unpaired) electrons.